The summed E-state index contributed by atoms with van der Waals surface area (Å²) in [5.74, 6) is 0.511. The highest BCUT2D eigenvalue weighted by atomic mass is 16.4. The van der Waals surface area contributed by atoms with E-state index in [0.717, 1.165) is 19.3 Å². The largest absolute Gasteiger partial charge is 0.507 e. The van der Waals surface area contributed by atoms with E-state index < -0.39 is 11.2 Å². The third kappa shape index (κ3) is 2.94. The second-order valence-corrected chi connectivity index (χ2v) is 7.39. The molecule has 4 rings (SSSR count). The number of rotatable bonds is 2. The van der Waals surface area contributed by atoms with E-state index in [1.165, 1.54) is 18.3 Å². The first-order chi connectivity index (χ1) is 13.4. The fraction of sp³-hybridized carbons (Fsp3) is 0.400. The van der Waals surface area contributed by atoms with Crippen molar-refractivity contribution in [2.24, 2.45) is 0 Å². The summed E-state index contributed by atoms with van der Waals surface area (Å²) in [6.07, 6.45) is 4.66. The standard InChI is InChI=1S/C20H22N4O4/c1-10-5-4-6-11(2)24(10)20-22-17-16(18(26)23-20)13(7-8-21-17)15-14(25)9-12(3)28-19(15)27/h7-11,25H,4-6H2,1-3H3,(H,21,22,23,26). The Bertz CT molecular complexity index is 1160. The van der Waals surface area contributed by atoms with Gasteiger partial charge in [-0.25, -0.2) is 9.78 Å². The van der Waals surface area contributed by atoms with Crippen LogP contribution < -0.4 is 16.1 Å². The third-order valence-corrected chi connectivity index (χ3v) is 5.36. The number of aromatic amines is 1. The lowest BCUT2D eigenvalue weighted by molar-refractivity contribution is 0.407. The van der Waals surface area contributed by atoms with Crippen molar-refractivity contribution in [3.8, 4) is 16.9 Å². The Kier molecular flexibility index (Phi) is 4.41. The topological polar surface area (TPSA) is 112 Å². The molecule has 8 nitrogen and oxygen atoms in total. The first-order valence-electron chi connectivity index (χ1n) is 9.38. The SMILES string of the molecule is Cc1cc(O)c(-c2ccnc3nc(N4C(C)CCCC4C)[nH]c(=O)c23)c(=O)o1. The highest BCUT2D eigenvalue weighted by molar-refractivity contribution is 5.93. The van der Waals surface area contributed by atoms with Gasteiger partial charge in [0.1, 0.15) is 17.1 Å². The molecule has 0 amide bonds. The molecule has 0 bridgehead atoms. The summed E-state index contributed by atoms with van der Waals surface area (Å²) in [4.78, 5) is 39.1. The van der Waals surface area contributed by atoms with Crippen LogP contribution in [0.3, 0.4) is 0 Å². The number of fused-ring (bicyclic) bond motifs is 1. The molecule has 3 aromatic heterocycles. The molecule has 2 atom stereocenters. The van der Waals surface area contributed by atoms with Crippen molar-refractivity contribution < 1.29 is 9.52 Å². The van der Waals surface area contributed by atoms with Crippen LogP contribution in [0.1, 0.15) is 38.9 Å². The van der Waals surface area contributed by atoms with Crippen LogP contribution in [-0.4, -0.2) is 32.1 Å². The smallest absolute Gasteiger partial charge is 0.347 e. The molecule has 0 aromatic carbocycles. The van der Waals surface area contributed by atoms with Crippen LogP contribution >= 0.6 is 0 Å². The third-order valence-electron chi connectivity index (χ3n) is 5.36. The molecule has 0 radical (unpaired) electrons. The average molecular weight is 382 g/mol. The van der Waals surface area contributed by atoms with E-state index in [-0.39, 0.29) is 45.8 Å². The molecule has 3 aromatic rings. The number of hydrogen-bond donors (Lipinski definition) is 2. The van der Waals surface area contributed by atoms with Gasteiger partial charge in [0.05, 0.1) is 5.39 Å². The van der Waals surface area contributed by atoms with Crippen molar-refractivity contribution in [1.82, 2.24) is 15.0 Å². The van der Waals surface area contributed by atoms with Crippen LogP contribution in [0.4, 0.5) is 5.95 Å². The van der Waals surface area contributed by atoms with Gasteiger partial charge in [-0.15, -0.1) is 0 Å². The Morgan fingerprint density at radius 2 is 1.96 bits per heavy atom. The summed E-state index contributed by atoms with van der Waals surface area (Å²) in [6, 6.07) is 3.35. The lowest BCUT2D eigenvalue weighted by atomic mass is 9.98. The van der Waals surface area contributed by atoms with Crippen molar-refractivity contribution >= 4 is 17.0 Å². The molecule has 2 N–H and O–H groups in total. The maximum Gasteiger partial charge on any atom is 0.347 e. The first kappa shape index (κ1) is 18.2. The Morgan fingerprint density at radius 3 is 2.64 bits per heavy atom. The summed E-state index contributed by atoms with van der Waals surface area (Å²) in [5.41, 5.74) is -0.728. The molecule has 4 heterocycles. The van der Waals surface area contributed by atoms with Crippen molar-refractivity contribution in [3.05, 3.63) is 44.9 Å². The van der Waals surface area contributed by atoms with Crippen LogP contribution in [0.15, 0.2) is 32.3 Å². The molecular weight excluding hydrogens is 360 g/mol. The minimum absolute atomic E-state index is 0.0715. The zero-order valence-electron chi connectivity index (χ0n) is 16.0. The molecule has 0 saturated carbocycles. The molecule has 1 fully saturated rings. The minimum atomic E-state index is -0.716. The van der Waals surface area contributed by atoms with Gasteiger partial charge in [-0.2, -0.15) is 4.98 Å². The highest BCUT2D eigenvalue weighted by Gasteiger charge is 2.28. The van der Waals surface area contributed by atoms with Gasteiger partial charge in [-0.3, -0.25) is 9.78 Å². The van der Waals surface area contributed by atoms with E-state index in [9.17, 15) is 14.7 Å². The molecule has 1 aliphatic rings. The monoisotopic (exact) mass is 382 g/mol. The van der Waals surface area contributed by atoms with Crippen LogP contribution in [0.2, 0.25) is 0 Å². The van der Waals surface area contributed by atoms with Crippen LogP contribution in [-0.2, 0) is 0 Å². The summed E-state index contributed by atoms with van der Waals surface area (Å²) >= 11 is 0. The van der Waals surface area contributed by atoms with Crippen molar-refractivity contribution in [2.75, 3.05) is 4.90 Å². The van der Waals surface area contributed by atoms with Gasteiger partial charge in [0.25, 0.3) is 5.56 Å². The number of aryl methyl sites for hydroxylation is 1. The number of nitrogens with zero attached hydrogens (tertiary/aromatic N) is 3. The average Bonchev–Trinajstić information content (AvgIpc) is 2.60. The maximum atomic E-state index is 13.0. The number of pyridine rings is 1. The van der Waals surface area contributed by atoms with E-state index >= 15 is 0 Å². The Labute approximate surface area is 160 Å². The van der Waals surface area contributed by atoms with Crippen LogP contribution in [0.5, 0.6) is 5.75 Å². The molecule has 8 heteroatoms. The van der Waals surface area contributed by atoms with Gasteiger partial charge in [0.2, 0.25) is 5.95 Å². The van der Waals surface area contributed by atoms with Crippen molar-refractivity contribution in [2.45, 2.75) is 52.1 Å². The van der Waals surface area contributed by atoms with Crippen LogP contribution in [0, 0.1) is 6.92 Å². The number of aromatic nitrogens is 3. The van der Waals surface area contributed by atoms with Crippen molar-refractivity contribution in [1.29, 1.82) is 0 Å². The zero-order valence-corrected chi connectivity index (χ0v) is 16.0. The van der Waals surface area contributed by atoms with Gasteiger partial charge in [0, 0.05) is 29.9 Å². The molecule has 0 aliphatic carbocycles. The van der Waals surface area contributed by atoms with Crippen molar-refractivity contribution in [3.63, 3.8) is 0 Å². The molecule has 28 heavy (non-hydrogen) atoms. The predicted octanol–water partition coefficient (Wildman–Crippen LogP) is 2.72. The molecule has 146 valence electrons. The lowest BCUT2D eigenvalue weighted by Crippen LogP contribution is -2.45. The predicted molar refractivity (Wildman–Crippen MR) is 106 cm³/mol. The summed E-state index contributed by atoms with van der Waals surface area (Å²) in [5, 5.41) is 10.4. The molecular formula is C20H22N4O4. The molecule has 1 saturated heterocycles. The Hall–Kier alpha value is -3.16. The minimum Gasteiger partial charge on any atom is -0.507 e. The quantitative estimate of drug-likeness (QED) is 0.701. The van der Waals surface area contributed by atoms with Gasteiger partial charge < -0.3 is 14.4 Å². The van der Waals surface area contributed by atoms with Gasteiger partial charge in [-0.05, 0) is 46.1 Å². The van der Waals surface area contributed by atoms with E-state index in [1.54, 1.807) is 6.92 Å². The van der Waals surface area contributed by atoms with E-state index in [1.807, 2.05) is 0 Å². The lowest BCUT2D eigenvalue weighted by Gasteiger charge is -2.39. The van der Waals surface area contributed by atoms with E-state index in [2.05, 4.69) is 33.7 Å². The Balaban J connectivity index is 1.94. The highest BCUT2D eigenvalue weighted by Crippen LogP contribution is 2.31. The second-order valence-electron chi connectivity index (χ2n) is 7.39. The zero-order chi connectivity index (χ0) is 20.0. The molecule has 2 unspecified atom stereocenters. The van der Waals surface area contributed by atoms with Gasteiger partial charge in [-0.1, -0.05) is 0 Å². The van der Waals surface area contributed by atoms with E-state index in [0.29, 0.717) is 5.95 Å². The number of piperidine rings is 1. The van der Waals surface area contributed by atoms with Crippen LogP contribution in [0.25, 0.3) is 22.2 Å². The number of hydrogen-bond acceptors (Lipinski definition) is 7. The maximum absolute atomic E-state index is 13.0. The Morgan fingerprint density at radius 1 is 1.25 bits per heavy atom. The number of H-pyrrole nitrogens is 1. The first-order valence-corrected chi connectivity index (χ1v) is 9.38. The fourth-order valence-corrected chi connectivity index (χ4v) is 4.06. The second kappa shape index (κ2) is 6.78. The summed E-state index contributed by atoms with van der Waals surface area (Å²) in [6.45, 7) is 5.79. The number of aromatic hydroxyl groups is 1. The molecule has 0 spiro atoms. The van der Waals surface area contributed by atoms with Gasteiger partial charge >= 0.3 is 5.63 Å². The van der Waals surface area contributed by atoms with E-state index in [4.69, 9.17) is 4.42 Å². The normalized spacial score (nSPS) is 19.9. The van der Waals surface area contributed by atoms with Gasteiger partial charge in [0.15, 0.2) is 5.65 Å². The summed E-state index contributed by atoms with van der Waals surface area (Å²) < 4.78 is 5.10. The number of anilines is 1. The molecule has 1 aliphatic heterocycles. The number of nitrogens with one attached hydrogen (secondary N) is 1. The fourth-order valence-electron chi connectivity index (χ4n) is 4.06. The summed E-state index contributed by atoms with van der Waals surface area (Å²) in [7, 11) is 0.